The molecule has 72 valence electrons. The molecular weight excluding hydrogens is 180 g/mol. The van der Waals surface area contributed by atoms with Crippen molar-refractivity contribution in [3.63, 3.8) is 0 Å². The Hall–Kier alpha value is -1.84. The number of oxime groups is 1. The molecule has 1 amide bonds. The fourth-order valence-electron chi connectivity index (χ4n) is 1.20. The van der Waals surface area contributed by atoms with Gasteiger partial charge >= 0.3 is 0 Å². The van der Waals surface area contributed by atoms with Crippen molar-refractivity contribution >= 4 is 17.8 Å². The largest absolute Gasteiger partial charge is 0.382 e. The molecule has 0 aliphatic carbocycles. The summed E-state index contributed by atoms with van der Waals surface area (Å²) in [5.41, 5.74) is 0.771. The number of rotatable bonds is 2. The van der Waals surface area contributed by atoms with Gasteiger partial charge in [-0.3, -0.25) is 4.79 Å². The minimum absolute atomic E-state index is 0.159. The maximum absolute atomic E-state index is 11.5. The number of hydrogen-bond acceptors (Lipinski definition) is 3. The number of nitrogens with zero attached hydrogens (tertiary/aromatic N) is 1. The lowest BCUT2D eigenvalue weighted by Crippen LogP contribution is -2.27. The van der Waals surface area contributed by atoms with Gasteiger partial charge in [-0.2, -0.15) is 0 Å². The second-order valence-corrected chi connectivity index (χ2v) is 2.97. The van der Waals surface area contributed by atoms with Crippen LogP contribution in [0.4, 0.5) is 5.69 Å². The fraction of sp³-hybridized carbons (Fsp3) is 0.200. The van der Waals surface area contributed by atoms with Gasteiger partial charge in [0.05, 0.1) is 0 Å². The van der Waals surface area contributed by atoms with E-state index < -0.39 is 6.10 Å². The molecule has 0 radical (unpaired) electrons. The van der Waals surface area contributed by atoms with Crippen molar-refractivity contribution in [3.8, 4) is 0 Å². The van der Waals surface area contributed by atoms with E-state index in [1.165, 1.54) is 0 Å². The molecule has 0 saturated carbocycles. The van der Waals surface area contributed by atoms with E-state index in [1.54, 1.807) is 6.21 Å². The van der Waals surface area contributed by atoms with Crippen LogP contribution in [0.1, 0.15) is 6.42 Å². The highest BCUT2D eigenvalue weighted by atomic mass is 16.6. The van der Waals surface area contributed by atoms with Crippen molar-refractivity contribution in [2.24, 2.45) is 5.16 Å². The minimum atomic E-state index is -0.477. The predicted octanol–water partition coefficient (Wildman–Crippen LogP) is 1.40. The van der Waals surface area contributed by atoms with E-state index in [4.69, 9.17) is 4.84 Å². The first-order chi connectivity index (χ1) is 6.86. The van der Waals surface area contributed by atoms with Gasteiger partial charge in [0.1, 0.15) is 0 Å². The van der Waals surface area contributed by atoms with Crippen molar-refractivity contribution in [1.82, 2.24) is 0 Å². The Morgan fingerprint density at radius 2 is 2.21 bits per heavy atom. The highest BCUT2D eigenvalue weighted by Crippen LogP contribution is 2.10. The Kier molecular flexibility index (Phi) is 2.44. The van der Waals surface area contributed by atoms with Gasteiger partial charge in [-0.05, 0) is 12.1 Å². The summed E-state index contributed by atoms with van der Waals surface area (Å²) in [7, 11) is 0. The first-order valence-electron chi connectivity index (χ1n) is 4.40. The van der Waals surface area contributed by atoms with E-state index in [9.17, 15) is 4.79 Å². The lowest BCUT2D eigenvalue weighted by Gasteiger charge is -2.08. The molecule has 0 saturated heterocycles. The molecule has 1 unspecified atom stereocenters. The summed E-state index contributed by atoms with van der Waals surface area (Å²) in [4.78, 5) is 16.3. The topological polar surface area (TPSA) is 50.7 Å². The molecule has 0 bridgehead atoms. The van der Waals surface area contributed by atoms with Gasteiger partial charge in [0, 0.05) is 18.3 Å². The summed E-state index contributed by atoms with van der Waals surface area (Å²) in [5, 5.41) is 6.28. The normalized spacial score (nSPS) is 19.0. The van der Waals surface area contributed by atoms with E-state index in [2.05, 4.69) is 10.5 Å². The molecule has 1 aliphatic rings. The van der Waals surface area contributed by atoms with Gasteiger partial charge in [0.2, 0.25) is 6.10 Å². The van der Waals surface area contributed by atoms with Crippen LogP contribution in [-0.2, 0) is 9.63 Å². The van der Waals surface area contributed by atoms with Crippen LogP contribution in [0.15, 0.2) is 35.5 Å². The Morgan fingerprint density at radius 3 is 2.86 bits per heavy atom. The van der Waals surface area contributed by atoms with Gasteiger partial charge in [0.15, 0.2) is 0 Å². The van der Waals surface area contributed by atoms with Gasteiger partial charge in [-0.1, -0.05) is 23.4 Å². The second kappa shape index (κ2) is 3.91. The molecule has 1 N–H and O–H groups in total. The molecule has 4 nitrogen and oxygen atoms in total. The Morgan fingerprint density at radius 1 is 1.43 bits per heavy atom. The van der Waals surface area contributed by atoms with E-state index in [-0.39, 0.29) is 5.91 Å². The molecule has 1 aliphatic heterocycles. The molecule has 0 fully saturated rings. The number of carbonyl (C=O) groups excluding carboxylic acids is 1. The standard InChI is InChI=1S/C10H10N2O2/c13-10(9-6-7-11-14-9)12-8-4-2-1-3-5-8/h1-5,7,9H,6H2,(H,12,13). The molecular formula is C10H10N2O2. The summed E-state index contributed by atoms with van der Waals surface area (Å²) >= 11 is 0. The number of nitrogens with one attached hydrogen (secondary N) is 1. The van der Waals surface area contributed by atoms with Gasteiger partial charge < -0.3 is 10.2 Å². The molecule has 4 heteroatoms. The van der Waals surface area contributed by atoms with Crippen LogP contribution in [0.25, 0.3) is 0 Å². The summed E-state index contributed by atoms with van der Waals surface area (Å²) in [6.07, 6.45) is 1.66. The molecule has 1 heterocycles. The average molecular weight is 190 g/mol. The Bertz CT molecular complexity index is 340. The quantitative estimate of drug-likeness (QED) is 0.766. The summed E-state index contributed by atoms with van der Waals surface area (Å²) in [6.45, 7) is 0. The smallest absolute Gasteiger partial charge is 0.268 e. The van der Waals surface area contributed by atoms with Crippen LogP contribution in [0.2, 0.25) is 0 Å². The molecule has 1 aromatic rings. The van der Waals surface area contributed by atoms with Crippen molar-refractivity contribution in [1.29, 1.82) is 0 Å². The van der Waals surface area contributed by atoms with Crippen molar-refractivity contribution in [2.45, 2.75) is 12.5 Å². The maximum Gasteiger partial charge on any atom is 0.268 e. The van der Waals surface area contributed by atoms with Gasteiger partial charge in [-0.15, -0.1) is 0 Å². The van der Waals surface area contributed by atoms with Gasteiger partial charge in [-0.25, -0.2) is 0 Å². The van der Waals surface area contributed by atoms with Crippen LogP contribution in [0.3, 0.4) is 0 Å². The van der Waals surface area contributed by atoms with E-state index >= 15 is 0 Å². The summed E-state index contributed by atoms with van der Waals surface area (Å²) < 4.78 is 0. The zero-order valence-corrected chi connectivity index (χ0v) is 7.51. The van der Waals surface area contributed by atoms with Crippen LogP contribution < -0.4 is 5.32 Å². The van der Waals surface area contributed by atoms with Crippen molar-refractivity contribution in [2.75, 3.05) is 5.32 Å². The second-order valence-electron chi connectivity index (χ2n) is 2.97. The van der Waals surface area contributed by atoms with Crippen molar-refractivity contribution in [3.05, 3.63) is 30.3 Å². The monoisotopic (exact) mass is 190 g/mol. The molecule has 0 aromatic heterocycles. The third-order valence-electron chi connectivity index (χ3n) is 1.92. The van der Waals surface area contributed by atoms with Gasteiger partial charge in [0.25, 0.3) is 5.91 Å². The van der Waals surface area contributed by atoms with Crippen LogP contribution in [0.5, 0.6) is 0 Å². The molecule has 14 heavy (non-hydrogen) atoms. The highest BCUT2D eigenvalue weighted by Gasteiger charge is 2.22. The van der Waals surface area contributed by atoms with E-state index in [0.717, 1.165) is 5.69 Å². The average Bonchev–Trinajstić information content (AvgIpc) is 2.72. The molecule has 1 aromatic carbocycles. The molecule has 2 rings (SSSR count). The minimum Gasteiger partial charge on any atom is -0.382 e. The van der Waals surface area contributed by atoms with E-state index in [1.807, 2.05) is 30.3 Å². The maximum atomic E-state index is 11.5. The number of anilines is 1. The third-order valence-corrected chi connectivity index (χ3v) is 1.92. The number of amides is 1. The first-order valence-corrected chi connectivity index (χ1v) is 4.40. The molecule has 0 spiro atoms. The number of benzene rings is 1. The number of para-hydroxylation sites is 1. The highest BCUT2D eigenvalue weighted by molar-refractivity contribution is 5.96. The number of hydrogen-bond donors (Lipinski definition) is 1. The molecule has 1 atom stereocenters. The Labute approximate surface area is 81.6 Å². The zero-order valence-electron chi connectivity index (χ0n) is 7.51. The van der Waals surface area contributed by atoms with Crippen LogP contribution >= 0.6 is 0 Å². The zero-order chi connectivity index (χ0) is 9.80. The Balaban J connectivity index is 1.95. The summed E-state index contributed by atoms with van der Waals surface area (Å²) in [6, 6.07) is 9.27. The van der Waals surface area contributed by atoms with E-state index in [0.29, 0.717) is 6.42 Å². The lowest BCUT2D eigenvalue weighted by atomic mass is 10.2. The SMILES string of the molecule is O=C(Nc1ccccc1)C1CC=NO1. The predicted molar refractivity (Wildman–Crippen MR) is 53.1 cm³/mol. The van der Waals surface area contributed by atoms with Crippen molar-refractivity contribution < 1.29 is 9.63 Å². The summed E-state index contributed by atoms with van der Waals surface area (Å²) in [5.74, 6) is -0.159. The van der Waals surface area contributed by atoms with Crippen LogP contribution in [0, 0.1) is 0 Å². The number of carbonyl (C=O) groups is 1. The fourth-order valence-corrected chi connectivity index (χ4v) is 1.20. The third kappa shape index (κ3) is 1.90. The first kappa shape index (κ1) is 8.74. The lowest BCUT2D eigenvalue weighted by molar-refractivity contribution is -0.125. The van der Waals surface area contributed by atoms with Crippen LogP contribution in [-0.4, -0.2) is 18.2 Å².